The summed E-state index contributed by atoms with van der Waals surface area (Å²) in [6.07, 6.45) is 0.948. The zero-order valence-electron chi connectivity index (χ0n) is 9.68. The minimum absolute atomic E-state index is 0.770. The molecule has 1 nitrogen and oxygen atoms in total. The van der Waals surface area contributed by atoms with Crippen LogP contribution < -0.4 is 0 Å². The molecule has 4 aromatic carbocycles. The summed E-state index contributed by atoms with van der Waals surface area (Å²) in [6, 6.07) is 18.6. The van der Waals surface area contributed by atoms with Crippen LogP contribution in [0.3, 0.4) is 0 Å². The van der Waals surface area contributed by atoms with Crippen molar-refractivity contribution in [2.24, 2.45) is 0 Å². The highest BCUT2D eigenvalue weighted by Crippen LogP contribution is 2.35. The van der Waals surface area contributed by atoms with Crippen molar-refractivity contribution in [1.82, 2.24) is 0 Å². The van der Waals surface area contributed by atoms with Gasteiger partial charge in [0.05, 0.1) is 0 Å². The molecule has 18 heavy (non-hydrogen) atoms. The lowest BCUT2D eigenvalue weighted by atomic mass is 9.92. The largest absolute Gasteiger partial charge is 0.298 e. The number of rotatable bonds is 1. The molecule has 0 N–H and O–H groups in total. The Hall–Kier alpha value is -2.41. The zero-order valence-corrected chi connectivity index (χ0v) is 9.68. The molecule has 0 saturated heterocycles. The molecule has 84 valence electrons. The van der Waals surface area contributed by atoms with Gasteiger partial charge < -0.3 is 0 Å². The molecule has 0 aliphatic carbocycles. The van der Waals surface area contributed by atoms with Crippen molar-refractivity contribution in [2.45, 2.75) is 0 Å². The van der Waals surface area contributed by atoms with Gasteiger partial charge in [-0.05, 0) is 38.4 Å². The lowest BCUT2D eigenvalue weighted by molar-refractivity contribution is 0.112. The summed E-state index contributed by atoms with van der Waals surface area (Å²) >= 11 is 0. The summed E-state index contributed by atoms with van der Waals surface area (Å²) in [7, 11) is 0. The number of hydrogen-bond acceptors (Lipinski definition) is 1. The second kappa shape index (κ2) is 3.30. The maximum absolute atomic E-state index is 11.3. The summed E-state index contributed by atoms with van der Waals surface area (Å²) in [4.78, 5) is 11.3. The van der Waals surface area contributed by atoms with Gasteiger partial charge in [0.2, 0.25) is 0 Å². The molecule has 0 bridgehead atoms. The van der Waals surface area contributed by atoms with Gasteiger partial charge in [-0.1, -0.05) is 48.5 Å². The number of carbonyl (C=O) groups is 1. The van der Waals surface area contributed by atoms with E-state index < -0.39 is 0 Å². The van der Waals surface area contributed by atoms with Crippen LogP contribution in [0.1, 0.15) is 10.4 Å². The van der Waals surface area contributed by atoms with Crippen molar-refractivity contribution in [3.05, 3.63) is 60.2 Å². The van der Waals surface area contributed by atoms with Gasteiger partial charge in [0.15, 0.2) is 6.29 Å². The minimum atomic E-state index is 0.770. The quantitative estimate of drug-likeness (QED) is 0.350. The third-order valence-corrected chi connectivity index (χ3v) is 3.67. The SMILES string of the molecule is O=Cc1cc2cccc3ccc4cccc1c4c32. The molecule has 0 unspecified atom stereocenters. The van der Waals surface area contributed by atoms with Crippen LogP contribution in [0.15, 0.2) is 54.6 Å². The van der Waals surface area contributed by atoms with Gasteiger partial charge in [0.25, 0.3) is 0 Å². The number of aldehydes is 1. The molecular formula is C17H10O. The van der Waals surface area contributed by atoms with Crippen LogP contribution in [0, 0.1) is 0 Å². The fourth-order valence-corrected chi connectivity index (χ4v) is 2.89. The first-order valence-corrected chi connectivity index (χ1v) is 6.00. The molecule has 0 radical (unpaired) electrons. The van der Waals surface area contributed by atoms with E-state index in [0.717, 1.165) is 22.6 Å². The van der Waals surface area contributed by atoms with Gasteiger partial charge in [-0.15, -0.1) is 0 Å². The third-order valence-electron chi connectivity index (χ3n) is 3.67. The highest BCUT2D eigenvalue weighted by molar-refractivity contribution is 6.25. The van der Waals surface area contributed by atoms with Crippen LogP contribution in [0.2, 0.25) is 0 Å². The predicted octanol–water partition coefficient (Wildman–Crippen LogP) is 4.40. The normalized spacial score (nSPS) is 11.6. The van der Waals surface area contributed by atoms with E-state index in [1.807, 2.05) is 24.3 Å². The minimum Gasteiger partial charge on any atom is -0.298 e. The first-order valence-electron chi connectivity index (χ1n) is 6.00. The molecule has 1 heteroatoms. The zero-order chi connectivity index (χ0) is 12.1. The molecule has 0 aromatic heterocycles. The molecule has 4 rings (SSSR count). The smallest absolute Gasteiger partial charge is 0.150 e. The average molecular weight is 230 g/mol. The third kappa shape index (κ3) is 1.08. The maximum Gasteiger partial charge on any atom is 0.150 e. The van der Waals surface area contributed by atoms with E-state index in [2.05, 4.69) is 30.3 Å². The highest BCUT2D eigenvalue weighted by Gasteiger charge is 2.10. The fraction of sp³-hybridized carbons (Fsp3) is 0. The molecular weight excluding hydrogens is 220 g/mol. The summed E-state index contributed by atoms with van der Waals surface area (Å²) in [5.41, 5.74) is 0.770. The standard InChI is InChI=1S/C17H10O/c18-10-14-9-13-5-1-3-11-7-8-12-4-2-6-15(14)17(12)16(11)13/h1-10H. The van der Waals surface area contributed by atoms with E-state index in [1.54, 1.807) is 0 Å². The summed E-state index contributed by atoms with van der Waals surface area (Å²) < 4.78 is 0. The van der Waals surface area contributed by atoms with Crippen LogP contribution >= 0.6 is 0 Å². The van der Waals surface area contributed by atoms with Crippen LogP contribution in [0.4, 0.5) is 0 Å². The molecule has 0 heterocycles. The Morgan fingerprint density at radius 3 is 2.17 bits per heavy atom. The molecule has 0 amide bonds. The van der Waals surface area contributed by atoms with E-state index in [9.17, 15) is 4.79 Å². The van der Waals surface area contributed by atoms with Crippen LogP contribution in [0.5, 0.6) is 0 Å². The predicted molar refractivity (Wildman–Crippen MR) is 75.5 cm³/mol. The second-order valence-corrected chi connectivity index (χ2v) is 4.63. The number of hydrogen-bond donors (Lipinski definition) is 0. The van der Waals surface area contributed by atoms with Crippen molar-refractivity contribution >= 4 is 38.6 Å². The van der Waals surface area contributed by atoms with Crippen molar-refractivity contribution in [1.29, 1.82) is 0 Å². The highest BCUT2D eigenvalue weighted by atomic mass is 16.1. The van der Waals surface area contributed by atoms with Gasteiger partial charge in [0.1, 0.15) is 0 Å². The number of carbonyl (C=O) groups excluding carboxylic acids is 1. The average Bonchev–Trinajstić information content (AvgIpc) is 2.44. The van der Waals surface area contributed by atoms with Crippen molar-refractivity contribution < 1.29 is 4.79 Å². The van der Waals surface area contributed by atoms with Gasteiger partial charge in [-0.25, -0.2) is 0 Å². The molecule has 0 fully saturated rings. The fourth-order valence-electron chi connectivity index (χ4n) is 2.89. The van der Waals surface area contributed by atoms with E-state index >= 15 is 0 Å². The molecule has 0 aliphatic heterocycles. The Balaban J connectivity index is 2.47. The summed E-state index contributed by atoms with van der Waals surface area (Å²) in [6.45, 7) is 0. The summed E-state index contributed by atoms with van der Waals surface area (Å²) in [5.74, 6) is 0. The Morgan fingerprint density at radius 1 is 0.722 bits per heavy atom. The molecule has 0 aliphatic rings. The van der Waals surface area contributed by atoms with Crippen molar-refractivity contribution in [2.75, 3.05) is 0 Å². The lowest BCUT2D eigenvalue weighted by Gasteiger charge is -2.11. The van der Waals surface area contributed by atoms with Gasteiger partial charge in [-0.2, -0.15) is 0 Å². The first-order chi connectivity index (χ1) is 8.88. The van der Waals surface area contributed by atoms with Gasteiger partial charge >= 0.3 is 0 Å². The second-order valence-electron chi connectivity index (χ2n) is 4.63. The molecule has 0 spiro atoms. The van der Waals surface area contributed by atoms with Crippen LogP contribution in [0.25, 0.3) is 32.3 Å². The molecule has 0 atom stereocenters. The van der Waals surface area contributed by atoms with E-state index in [4.69, 9.17) is 0 Å². The number of benzene rings is 4. The van der Waals surface area contributed by atoms with Gasteiger partial charge in [0, 0.05) is 5.56 Å². The molecule has 0 saturated carbocycles. The Kier molecular flexibility index (Phi) is 1.76. The Labute approximate surface area is 104 Å². The topological polar surface area (TPSA) is 17.1 Å². The van der Waals surface area contributed by atoms with E-state index in [0.29, 0.717) is 0 Å². The van der Waals surface area contributed by atoms with Crippen LogP contribution in [-0.4, -0.2) is 6.29 Å². The van der Waals surface area contributed by atoms with Crippen molar-refractivity contribution in [3.63, 3.8) is 0 Å². The summed E-state index contributed by atoms with van der Waals surface area (Å²) in [5, 5.41) is 7.07. The van der Waals surface area contributed by atoms with Crippen LogP contribution in [-0.2, 0) is 0 Å². The Morgan fingerprint density at radius 2 is 1.39 bits per heavy atom. The van der Waals surface area contributed by atoms with Gasteiger partial charge in [-0.3, -0.25) is 4.79 Å². The monoisotopic (exact) mass is 230 g/mol. The van der Waals surface area contributed by atoms with Crippen molar-refractivity contribution in [3.8, 4) is 0 Å². The lowest BCUT2D eigenvalue weighted by Crippen LogP contribution is -1.88. The Bertz CT molecular complexity index is 890. The van der Waals surface area contributed by atoms with E-state index in [-0.39, 0.29) is 0 Å². The first kappa shape index (κ1) is 9.60. The molecule has 4 aromatic rings. The maximum atomic E-state index is 11.3. The van der Waals surface area contributed by atoms with E-state index in [1.165, 1.54) is 21.5 Å².